The van der Waals surface area contributed by atoms with Crippen LogP contribution in [-0.4, -0.2) is 12.1 Å². The van der Waals surface area contributed by atoms with Crippen molar-refractivity contribution in [3.63, 3.8) is 0 Å². The highest BCUT2D eigenvalue weighted by molar-refractivity contribution is 5.28. The quantitative estimate of drug-likeness (QED) is 0.807. The van der Waals surface area contributed by atoms with E-state index in [4.69, 9.17) is 9.47 Å². The Hall–Kier alpha value is -2.03. The second-order valence-electron chi connectivity index (χ2n) is 3.81. The standard InChI is InChI=1S/C14H15NO2/c1-11-6-7-15-14(8-11)17-10-12-4-3-5-13(9-12)16-2/h3-9H,10H2,1-2H3. The maximum Gasteiger partial charge on any atom is 0.213 e. The SMILES string of the molecule is COc1cccc(COc2cc(C)ccn2)c1. The van der Waals surface area contributed by atoms with E-state index in [0.29, 0.717) is 12.5 Å². The summed E-state index contributed by atoms with van der Waals surface area (Å²) in [5.41, 5.74) is 2.20. The molecular weight excluding hydrogens is 214 g/mol. The largest absolute Gasteiger partial charge is 0.497 e. The molecule has 0 radical (unpaired) electrons. The number of ether oxygens (including phenoxy) is 2. The Morgan fingerprint density at radius 3 is 2.82 bits per heavy atom. The van der Waals surface area contributed by atoms with Gasteiger partial charge in [0, 0.05) is 12.3 Å². The van der Waals surface area contributed by atoms with E-state index in [1.54, 1.807) is 13.3 Å². The molecule has 0 amide bonds. The molecule has 0 saturated heterocycles. The fraction of sp³-hybridized carbons (Fsp3) is 0.214. The predicted molar refractivity (Wildman–Crippen MR) is 66.3 cm³/mol. The molecule has 0 aliphatic heterocycles. The number of aromatic nitrogens is 1. The minimum absolute atomic E-state index is 0.494. The van der Waals surface area contributed by atoms with Gasteiger partial charge in [-0.2, -0.15) is 0 Å². The predicted octanol–water partition coefficient (Wildman–Crippen LogP) is 2.98. The van der Waals surface area contributed by atoms with E-state index < -0.39 is 0 Å². The van der Waals surface area contributed by atoms with Gasteiger partial charge in [0.2, 0.25) is 5.88 Å². The average Bonchev–Trinajstić information content (AvgIpc) is 2.37. The second-order valence-corrected chi connectivity index (χ2v) is 3.81. The maximum absolute atomic E-state index is 5.61. The summed E-state index contributed by atoms with van der Waals surface area (Å²) in [5.74, 6) is 1.48. The zero-order valence-corrected chi connectivity index (χ0v) is 10.0. The van der Waals surface area contributed by atoms with Gasteiger partial charge in [0.25, 0.3) is 0 Å². The highest BCUT2D eigenvalue weighted by atomic mass is 16.5. The summed E-state index contributed by atoms with van der Waals surface area (Å²) in [5, 5.41) is 0. The van der Waals surface area contributed by atoms with E-state index in [2.05, 4.69) is 4.98 Å². The van der Waals surface area contributed by atoms with Crippen LogP contribution in [0, 0.1) is 6.92 Å². The van der Waals surface area contributed by atoms with E-state index >= 15 is 0 Å². The first kappa shape index (κ1) is 11.5. The Kier molecular flexibility index (Phi) is 3.60. The van der Waals surface area contributed by atoms with Crippen molar-refractivity contribution < 1.29 is 9.47 Å². The monoisotopic (exact) mass is 229 g/mol. The van der Waals surface area contributed by atoms with E-state index in [1.165, 1.54) is 0 Å². The molecule has 0 N–H and O–H groups in total. The Labute approximate surface area is 101 Å². The van der Waals surface area contributed by atoms with Crippen molar-refractivity contribution in [3.05, 3.63) is 53.7 Å². The number of nitrogens with zero attached hydrogens (tertiary/aromatic N) is 1. The lowest BCUT2D eigenvalue weighted by Gasteiger charge is -2.07. The van der Waals surface area contributed by atoms with E-state index in [0.717, 1.165) is 16.9 Å². The molecule has 0 saturated carbocycles. The van der Waals surface area contributed by atoms with Gasteiger partial charge in [-0.05, 0) is 36.2 Å². The van der Waals surface area contributed by atoms with Crippen LogP contribution in [0.2, 0.25) is 0 Å². The molecule has 0 aliphatic carbocycles. The van der Waals surface area contributed by atoms with Crippen molar-refractivity contribution in [1.29, 1.82) is 0 Å². The third-order valence-electron chi connectivity index (χ3n) is 2.41. The molecule has 3 heteroatoms. The number of hydrogen-bond acceptors (Lipinski definition) is 3. The first-order valence-corrected chi connectivity index (χ1v) is 5.46. The molecule has 0 unspecified atom stereocenters. The summed E-state index contributed by atoms with van der Waals surface area (Å²) >= 11 is 0. The lowest BCUT2D eigenvalue weighted by Crippen LogP contribution is -1.97. The Morgan fingerprint density at radius 2 is 2.06 bits per heavy atom. The smallest absolute Gasteiger partial charge is 0.213 e. The van der Waals surface area contributed by atoms with Gasteiger partial charge < -0.3 is 9.47 Å². The van der Waals surface area contributed by atoms with Crippen LogP contribution in [0.25, 0.3) is 0 Å². The molecule has 0 aliphatic rings. The van der Waals surface area contributed by atoms with Gasteiger partial charge in [0.15, 0.2) is 0 Å². The van der Waals surface area contributed by atoms with Crippen LogP contribution in [0.4, 0.5) is 0 Å². The van der Waals surface area contributed by atoms with Crippen molar-refractivity contribution >= 4 is 0 Å². The summed E-state index contributed by atoms with van der Waals surface area (Å²) in [6.07, 6.45) is 1.75. The van der Waals surface area contributed by atoms with Crippen LogP contribution in [0.5, 0.6) is 11.6 Å². The van der Waals surface area contributed by atoms with Gasteiger partial charge in [0.05, 0.1) is 7.11 Å². The molecule has 1 aromatic carbocycles. The van der Waals surface area contributed by atoms with Crippen LogP contribution >= 0.6 is 0 Å². The van der Waals surface area contributed by atoms with Crippen molar-refractivity contribution in [2.75, 3.05) is 7.11 Å². The van der Waals surface area contributed by atoms with E-state index in [9.17, 15) is 0 Å². The Morgan fingerprint density at radius 1 is 1.18 bits per heavy atom. The van der Waals surface area contributed by atoms with Crippen molar-refractivity contribution in [3.8, 4) is 11.6 Å². The molecule has 0 atom stereocenters. The molecule has 0 bridgehead atoms. The summed E-state index contributed by atoms with van der Waals surface area (Å²) in [6.45, 7) is 2.51. The fourth-order valence-corrected chi connectivity index (χ4v) is 1.51. The summed E-state index contributed by atoms with van der Waals surface area (Å²) in [7, 11) is 1.65. The summed E-state index contributed by atoms with van der Waals surface area (Å²) in [4.78, 5) is 4.14. The first-order valence-electron chi connectivity index (χ1n) is 5.46. The molecular formula is C14H15NO2. The van der Waals surface area contributed by atoms with Crippen LogP contribution in [0.15, 0.2) is 42.6 Å². The van der Waals surface area contributed by atoms with E-state index in [-0.39, 0.29) is 0 Å². The van der Waals surface area contributed by atoms with Crippen LogP contribution in [0.3, 0.4) is 0 Å². The molecule has 3 nitrogen and oxygen atoms in total. The van der Waals surface area contributed by atoms with E-state index in [1.807, 2.05) is 43.3 Å². The molecule has 0 spiro atoms. The van der Waals surface area contributed by atoms with Crippen molar-refractivity contribution in [2.24, 2.45) is 0 Å². The lowest BCUT2D eigenvalue weighted by molar-refractivity contribution is 0.293. The molecule has 1 aromatic heterocycles. The third-order valence-corrected chi connectivity index (χ3v) is 2.41. The molecule has 2 aromatic rings. The zero-order valence-electron chi connectivity index (χ0n) is 10.0. The van der Waals surface area contributed by atoms with Crippen LogP contribution in [0.1, 0.15) is 11.1 Å². The third kappa shape index (κ3) is 3.21. The molecule has 1 heterocycles. The number of pyridine rings is 1. The summed E-state index contributed by atoms with van der Waals surface area (Å²) < 4.78 is 10.8. The number of hydrogen-bond donors (Lipinski definition) is 0. The van der Waals surface area contributed by atoms with Gasteiger partial charge in [0.1, 0.15) is 12.4 Å². The second kappa shape index (κ2) is 5.34. The number of aryl methyl sites for hydroxylation is 1. The van der Waals surface area contributed by atoms with Gasteiger partial charge in [-0.1, -0.05) is 12.1 Å². The molecule has 88 valence electrons. The molecule has 2 rings (SSSR count). The molecule has 17 heavy (non-hydrogen) atoms. The van der Waals surface area contributed by atoms with Crippen molar-refractivity contribution in [1.82, 2.24) is 4.98 Å². The van der Waals surface area contributed by atoms with Gasteiger partial charge in [-0.25, -0.2) is 4.98 Å². The Bertz CT molecular complexity index is 497. The van der Waals surface area contributed by atoms with Gasteiger partial charge in [-0.3, -0.25) is 0 Å². The first-order chi connectivity index (χ1) is 8.28. The van der Waals surface area contributed by atoms with Gasteiger partial charge in [-0.15, -0.1) is 0 Å². The normalized spacial score (nSPS) is 10.0. The van der Waals surface area contributed by atoms with Crippen molar-refractivity contribution in [2.45, 2.75) is 13.5 Å². The average molecular weight is 229 g/mol. The molecule has 0 fully saturated rings. The lowest BCUT2D eigenvalue weighted by atomic mass is 10.2. The van der Waals surface area contributed by atoms with Crippen LogP contribution in [-0.2, 0) is 6.61 Å². The highest BCUT2D eigenvalue weighted by Crippen LogP contribution is 2.15. The minimum atomic E-state index is 0.494. The van der Waals surface area contributed by atoms with Gasteiger partial charge >= 0.3 is 0 Å². The number of rotatable bonds is 4. The Balaban J connectivity index is 2.02. The summed E-state index contributed by atoms with van der Waals surface area (Å²) in [6, 6.07) is 11.7. The minimum Gasteiger partial charge on any atom is -0.497 e. The maximum atomic E-state index is 5.61. The number of methoxy groups -OCH3 is 1. The number of benzene rings is 1. The zero-order chi connectivity index (χ0) is 12.1. The fourth-order valence-electron chi connectivity index (χ4n) is 1.51. The van der Waals surface area contributed by atoms with Crippen LogP contribution < -0.4 is 9.47 Å². The topological polar surface area (TPSA) is 31.4 Å². The highest BCUT2D eigenvalue weighted by Gasteiger charge is 1.99.